The standard InChI is InChI=1S/C16H15F2N5O2S2/c1-2-3-27(25)23-11-5-8(17)4-10(12(11)18)22-16(24)9-6-26-14-13(9)20-7-21-15(14)19/h4-7,23H,2-3H2,1H3,(H,22,24)(H2,19,20,21). The van der Waals surface area contributed by atoms with E-state index in [1.54, 1.807) is 0 Å². The van der Waals surface area contributed by atoms with Gasteiger partial charge in [0.25, 0.3) is 5.91 Å². The van der Waals surface area contributed by atoms with Gasteiger partial charge < -0.3 is 15.8 Å². The van der Waals surface area contributed by atoms with E-state index in [0.29, 0.717) is 16.6 Å². The van der Waals surface area contributed by atoms with Gasteiger partial charge in [0.05, 0.1) is 27.2 Å². The molecule has 0 fully saturated rings. The van der Waals surface area contributed by atoms with Gasteiger partial charge in [0, 0.05) is 23.3 Å². The number of hydrogen-bond donors (Lipinski definition) is 3. The van der Waals surface area contributed by atoms with Crippen molar-refractivity contribution in [3.63, 3.8) is 0 Å². The largest absolute Gasteiger partial charge is 0.382 e. The highest BCUT2D eigenvalue weighted by Gasteiger charge is 2.19. The smallest absolute Gasteiger partial charge is 0.258 e. The van der Waals surface area contributed by atoms with Gasteiger partial charge in [0.15, 0.2) is 5.82 Å². The Balaban J connectivity index is 1.90. The number of benzene rings is 1. The lowest BCUT2D eigenvalue weighted by Crippen LogP contribution is -2.15. The second-order valence-corrected chi connectivity index (χ2v) is 7.69. The van der Waals surface area contributed by atoms with E-state index in [0.717, 1.165) is 12.1 Å². The summed E-state index contributed by atoms with van der Waals surface area (Å²) in [7, 11) is -1.56. The van der Waals surface area contributed by atoms with Crippen LogP contribution in [0.25, 0.3) is 10.2 Å². The minimum atomic E-state index is -1.56. The Morgan fingerprint density at radius 2 is 2.04 bits per heavy atom. The first-order valence-corrected chi connectivity index (χ1v) is 10.0. The lowest BCUT2D eigenvalue weighted by Gasteiger charge is -2.11. The van der Waals surface area contributed by atoms with E-state index < -0.39 is 28.5 Å². The van der Waals surface area contributed by atoms with Crippen molar-refractivity contribution in [2.24, 2.45) is 0 Å². The van der Waals surface area contributed by atoms with Crippen molar-refractivity contribution in [1.29, 1.82) is 0 Å². The maximum atomic E-state index is 14.6. The zero-order valence-corrected chi connectivity index (χ0v) is 15.7. The van der Waals surface area contributed by atoms with Gasteiger partial charge in [-0.2, -0.15) is 0 Å². The summed E-state index contributed by atoms with van der Waals surface area (Å²) in [5.74, 6) is -1.87. The third-order valence-electron chi connectivity index (χ3n) is 3.52. The Hall–Kier alpha value is -2.66. The third-order valence-corrected chi connectivity index (χ3v) is 5.74. The highest BCUT2D eigenvalue weighted by molar-refractivity contribution is 7.86. The average Bonchev–Trinajstić information content (AvgIpc) is 3.04. The minimum Gasteiger partial charge on any atom is -0.382 e. The molecule has 0 radical (unpaired) electrons. The number of nitrogens with two attached hydrogens (primary N) is 1. The molecule has 7 nitrogen and oxygen atoms in total. The molecule has 142 valence electrons. The topological polar surface area (TPSA) is 110 Å². The molecule has 2 aromatic heterocycles. The van der Waals surface area contributed by atoms with Gasteiger partial charge in [-0.15, -0.1) is 11.3 Å². The molecular formula is C16H15F2N5O2S2. The number of halogens is 2. The summed E-state index contributed by atoms with van der Waals surface area (Å²) < 4.78 is 43.2. The Labute approximate surface area is 159 Å². The highest BCUT2D eigenvalue weighted by Crippen LogP contribution is 2.29. The van der Waals surface area contributed by atoms with Crippen molar-refractivity contribution < 1.29 is 17.8 Å². The number of carbonyl (C=O) groups is 1. The summed E-state index contributed by atoms with van der Waals surface area (Å²) in [6.07, 6.45) is 1.82. The molecule has 0 saturated carbocycles. The monoisotopic (exact) mass is 411 g/mol. The Morgan fingerprint density at radius 3 is 2.78 bits per heavy atom. The van der Waals surface area contributed by atoms with Gasteiger partial charge in [0.1, 0.15) is 28.9 Å². The number of fused-ring (bicyclic) bond motifs is 1. The second-order valence-electron chi connectivity index (χ2n) is 5.51. The predicted octanol–water partition coefficient (Wildman–Crippen LogP) is 3.29. The molecule has 3 rings (SSSR count). The lowest BCUT2D eigenvalue weighted by molar-refractivity contribution is 0.102. The number of hydrogen-bond acceptors (Lipinski definition) is 6. The molecule has 4 N–H and O–H groups in total. The lowest BCUT2D eigenvalue weighted by atomic mass is 10.2. The summed E-state index contributed by atoms with van der Waals surface area (Å²) in [4.78, 5) is 20.4. The number of rotatable bonds is 6. The molecule has 1 amide bonds. The fourth-order valence-corrected chi connectivity index (χ4v) is 4.10. The summed E-state index contributed by atoms with van der Waals surface area (Å²) >= 11 is 1.17. The predicted molar refractivity (Wildman–Crippen MR) is 103 cm³/mol. The van der Waals surface area contributed by atoms with Crippen LogP contribution in [0.15, 0.2) is 23.8 Å². The number of anilines is 3. The van der Waals surface area contributed by atoms with Crippen molar-refractivity contribution >= 4 is 55.6 Å². The van der Waals surface area contributed by atoms with Crippen LogP contribution in [0.4, 0.5) is 26.0 Å². The molecule has 0 aliphatic rings. The highest BCUT2D eigenvalue weighted by atomic mass is 32.2. The SMILES string of the molecule is CCCS(=O)Nc1cc(F)cc(NC(=O)c2csc3c(N)ncnc23)c1F. The zero-order valence-electron chi connectivity index (χ0n) is 14.1. The number of aromatic nitrogens is 2. The van der Waals surface area contributed by atoms with E-state index in [2.05, 4.69) is 20.0 Å². The summed E-state index contributed by atoms with van der Waals surface area (Å²) in [6.45, 7) is 1.81. The number of nitrogens with zero attached hydrogens (tertiary/aromatic N) is 2. The van der Waals surface area contributed by atoms with Crippen LogP contribution in [-0.4, -0.2) is 25.8 Å². The molecular weight excluding hydrogens is 396 g/mol. The Kier molecular flexibility index (Phi) is 5.61. The number of thiophene rings is 1. The summed E-state index contributed by atoms with van der Waals surface area (Å²) in [5, 5.41) is 3.83. The van der Waals surface area contributed by atoms with Crippen LogP contribution in [0.3, 0.4) is 0 Å². The van der Waals surface area contributed by atoms with Crippen LogP contribution in [-0.2, 0) is 11.0 Å². The molecule has 0 saturated heterocycles. The van der Waals surface area contributed by atoms with E-state index in [-0.39, 0.29) is 28.5 Å². The van der Waals surface area contributed by atoms with Crippen molar-refractivity contribution in [2.75, 3.05) is 21.5 Å². The number of nitrogen functional groups attached to an aromatic ring is 1. The Bertz CT molecular complexity index is 1040. The van der Waals surface area contributed by atoms with Crippen LogP contribution in [0.5, 0.6) is 0 Å². The first-order valence-electron chi connectivity index (χ1n) is 7.83. The second kappa shape index (κ2) is 7.92. The number of amides is 1. The number of nitrogens with one attached hydrogen (secondary N) is 2. The molecule has 0 bridgehead atoms. The van der Waals surface area contributed by atoms with E-state index in [9.17, 15) is 17.8 Å². The normalized spacial score (nSPS) is 12.1. The molecule has 2 heterocycles. The Morgan fingerprint density at radius 1 is 1.30 bits per heavy atom. The molecule has 0 aliphatic carbocycles. The molecule has 0 spiro atoms. The van der Waals surface area contributed by atoms with Crippen molar-refractivity contribution in [1.82, 2.24) is 9.97 Å². The van der Waals surface area contributed by atoms with Gasteiger partial charge in [-0.3, -0.25) is 4.79 Å². The van der Waals surface area contributed by atoms with E-state index in [1.807, 2.05) is 6.92 Å². The summed E-state index contributed by atoms with van der Waals surface area (Å²) in [6, 6.07) is 1.73. The quantitative estimate of drug-likeness (QED) is 0.577. The van der Waals surface area contributed by atoms with Crippen molar-refractivity contribution in [2.45, 2.75) is 13.3 Å². The zero-order chi connectivity index (χ0) is 19.6. The van der Waals surface area contributed by atoms with Gasteiger partial charge in [-0.25, -0.2) is 23.0 Å². The average molecular weight is 411 g/mol. The van der Waals surface area contributed by atoms with Crippen molar-refractivity contribution in [3.05, 3.63) is 41.0 Å². The van der Waals surface area contributed by atoms with Gasteiger partial charge in [0.2, 0.25) is 0 Å². The van der Waals surface area contributed by atoms with Crippen LogP contribution >= 0.6 is 11.3 Å². The van der Waals surface area contributed by atoms with Crippen LogP contribution in [0.1, 0.15) is 23.7 Å². The molecule has 1 atom stereocenters. The van der Waals surface area contributed by atoms with Crippen LogP contribution in [0, 0.1) is 11.6 Å². The molecule has 3 aromatic rings. The van der Waals surface area contributed by atoms with Gasteiger partial charge in [-0.05, 0) is 6.42 Å². The van der Waals surface area contributed by atoms with E-state index >= 15 is 0 Å². The summed E-state index contributed by atoms with van der Waals surface area (Å²) in [5.41, 5.74) is 5.55. The maximum absolute atomic E-state index is 14.6. The molecule has 0 aliphatic heterocycles. The first-order chi connectivity index (χ1) is 12.9. The number of carbonyl (C=O) groups excluding carboxylic acids is 1. The van der Waals surface area contributed by atoms with Crippen molar-refractivity contribution in [3.8, 4) is 0 Å². The van der Waals surface area contributed by atoms with Gasteiger partial charge >= 0.3 is 0 Å². The molecule has 1 aromatic carbocycles. The minimum absolute atomic E-state index is 0.164. The molecule has 11 heteroatoms. The van der Waals surface area contributed by atoms with E-state index in [1.165, 1.54) is 23.0 Å². The maximum Gasteiger partial charge on any atom is 0.258 e. The first kappa shape index (κ1) is 19.1. The van der Waals surface area contributed by atoms with Crippen LogP contribution < -0.4 is 15.8 Å². The third kappa shape index (κ3) is 4.03. The van der Waals surface area contributed by atoms with E-state index in [4.69, 9.17) is 5.73 Å². The van der Waals surface area contributed by atoms with Gasteiger partial charge in [-0.1, -0.05) is 6.92 Å². The van der Waals surface area contributed by atoms with Crippen LogP contribution in [0.2, 0.25) is 0 Å². The molecule has 1 unspecified atom stereocenters. The fraction of sp³-hybridized carbons (Fsp3) is 0.188. The molecule has 27 heavy (non-hydrogen) atoms. The fourth-order valence-electron chi connectivity index (χ4n) is 2.33.